The lowest BCUT2D eigenvalue weighted by Gasteiger charge is -2.23. The molecule has 3 unspecified atom stereocenters. The van der Waals surface area contributed by atoms with Gasteiger partial charge in [0.2, 0.25) is 5.91 Å². The molecule has 0 aliphatic heterocycles. The van der Waals surface area contributed by atoms with E-state index in [1.54, 1.807) is 7.11 Å². The van der Waals surface area contributed by atoms with Crippen LogP contribution in [-0.4, -0.2) is 38.3 Å². The first-order valence-corrected chi connectivity index (χ1v) is 6.88. The second-order valence-corrected chi connectivity index (χ2v) is 6.33. The van der Waals surface area contributed by atoms with Crippen molar-refractivity contribution in [2.75, 3.05) is 20.3 Å². The maximum Gasteiger partial charge on any atom is 0.236 e. The highest BCUT2D eigenvalue weighted by molar-refractivity contribution is 5.81. The summed E-state index contributed by atoms with van der Waals surface area (Å²) < 4.78 is 4.91. The molecule has 3 atom stereocenters. The molecule has 0 aromatic rings. The van der Waals surface area contributed by atoms with Gasteiger partial charge in [0.25, 0.3) is 0 Å². The molecule has 1 rings (SSSR count). The normalized spacial score (nSPS) is 28.1. The number of carbonyl (C=O) groups is 1. The van der Waals surface area contributed by atoms with E-state index in [2.05, 4.69) is 31.4 Å². The molecule has 0 radical (unpaired) electrons. The van der Waals surface area contributed by atoms with Crippen molar-refractivity contribution in [1.29, 1.82) is 0 Å². The first-order valence-electron chi connectivity index (χ1n) is 6.88. The van der Waals surface area contributed by atoms with Crippen molar-refractivity contribution in [3.63, 3.8) is 0 Å². The van der Waals surface area contributed by atoms with Gasteiger partial charge in [-0.25, -0.2) is 0 Å². The Kier molecular flexibility index (Phi) is 5.60. The van der Waals surface area contributed by atoms with E-state index in [1.165, 1.54) is 6.42 Å². The lowest BCUT2D eigenvalue weighted by Crippen LogP contribution is -2.48. The molecule has 1 saturated carbocycles. The number of rotatable bonds is 6. The Hall–Kier alpha value is -0.610. The zero-order valence-corrected chi connectivity index (χ0v) is 12.4. The van der Waals surface area contributed by atoms with Gasteiger partial charge in [-0.15, -0.1) is 0 Å². The molecular weight excluding hydrogens is 228 g/mol. The Morgan fingerprint density at radius 1 is 1.44 bits per heavy atom. The smallest absolute Gasteiger partial charge is 0.236 e. The third kappa shape index (κ3) is 4.58. The minimum absolute atomic E-state index is 0.0592. The average molecular weight is 256 g/mol. The third-order valence-electron chi connectivity index (χ3n) is 3.80. The summed E-state index contributed by atoms with van der Waals surface area (Å²) in [6.07, 6.45) is 2.37. The number of hydrogen-bond donors (Lipinski definition) is 2. The number of methoxy groups -OCH3 is 1. The van der Waals surface area contributed by atoms with Crippen molar-refractivity contribution in [2.45, 2.75) is 52.6 Å². The Morgan fingerprint density at radius 2 is 2.11 bits per heavy atom. The Labute approximate surface area is 111 Å². The van der Waals surface area contributed by atoms with Gasteiger partial charge in [0, 0.05) is 19.7 Å². The Morgan fingerprint density at radius 3 is 2.61 bits per heavy atom. The van der Waals surface area contributed by atoms with Crippen LogP contribution in [0.2, 0.25) is 0 Å². The van der Waals surface area contributed by atoms with Crippen LogP contribution in [0.5, 0.6) is 0 Å². The molecule has 106 valence electrons. The molecule has 4 nitrogen and oxygen atoms in total. The van der Waals surface area contributed by atoms with Gasteiger partial charge >= 0.3 is 0 Å². The molecule has 0 saturated heterocycles. The minimum atomic E-state index is -0.136. The molecule has 0 heterocycles. The van der Waals surface area contributed by atoms with Crippen molar-refractivity contribution >= 4 is 5.91 Å². The van der Waals surface area contributed by atoms with E-state index in [0.29, 0.717) is 30.5 Å². The van der Waals surface area contributed by atoms with E-state index in [-0.39, 0.29) is 11.9 Å². The fourth-order valence-corrected chi connectivity index (χ4v) is 2.94. The fourth-order valence-electron chi connectivity index (χ4n) is 2.94. The SMILES string of the molecule is COCCNC(=O)C(C)NC1CC(C)(C)CC1C. The van der Waals surface area contributed by atoms with Crippen molar-refractivity contribution in [1.82, 2.24) is 10.6 Å². The van der Waals surface area contributed by atoms with Crippen LogP contribution in [0.15, 0.2) is 0 Å². The molecule has 1 aliphatic rings. The second kappa shape index (κ2) is 6.53. The summed E-state index contributed by atoms with van der Waals surface area (Å²) in [5.41, 5.74) is 0.392. The van der Waals surface area contributed by atoms with E-state index < -0.39 is 0 Å². The molecule has 4 heteroatoms. The zero-order valence-electron chi connectivity index (χ0n) is 12.4. The lowest BCUT2D eigenvalue weighted by molar-refractivity contribution is -0.123. The average Bonchev–Trinajstić information content (AvgIpc) is 2.52. The first kappa shape index (κ1) is 15.4. The van der Waals surface area contributed by atoms with Crippen LogP contribution in [0.4, 0.5) is 0 Å². The van der Waals surface area contributed by atoms with Crippen molar-refractivity contribution in [2.24, 2.45) is 11.3 Å². The van der Waals surface area contributed by atoms with Gasteiger partial charge in [-0.05, 0) is 31.1 Å². The van der Waals surface area contributed by atoms with Crippen molar-refractivity contribution in [3.05, 3.63) is 0 Å². The van der Waals surface area contributed by atoms with Gasteiger partial charge in [0.1, 0.15) is 0 Å². The van der Waals surface area contributed by atoms with E-state index >= 15 is 0 Å². The summed E-state index contributed by atoms with van der Waals surface area (Å²) in [4.78, 5) is 11.8. The molecule has 1 aliphatic carbocycles. The third-order valence-corrected chi connectivity index (χ3v) is 3.80. The first-order chi connectivity index (χ1) is 8.35. The molecule has 2 N–H and O–H groups in total. The van der Waals surface area contributed by atoms with Gasteiger partial charge in [-0.1, -0.05) is 20.8 Å². The standard InChI is InChI=1S/C14H28N2O2/c1-10-8-14(3,4)9-12(10)16-11(2)13(17)15-6-7-18-5/h10-12,16H,6-9H2,1-5H3,(H,15,17). The topological polar surface area (TPSA) is 50.4 Å². The largest absolute Gasteiger partial charge is 0.383 e. The van der Waals surface area contributed by atoms with Gasteiger partial charge in [-0.2, -0.15) is 0 Å². The highest BCUT2D eigenvalue weighted by atomic mass is 16.5. The minimum Gasteiger partial charge on any atom is -0.383 e. The molecule has 18 heavy (non-hydrogen) atoms. The summed E-state index contributed by atoms with van der Waals surface area (Å²) in [6, 6.07) is 0.311. The molecular formula is C14H28N2O2. The summed E-state index contributed by atoms with van der Waals surface area (Å²) in [5, 5.41) is 6.32. The van der Waals surface area contributed by atoms with Crippen LogP contribution in [0.3, 0.4) is 0 Å². The predicted octanol–water partition coefficient (Wildman–Crippen LogP) is 1.55. The lowest BCUT2D eigenvalue weighted by atomic mass is 9.91. The monoisotopic (exact) mass is 256 g/mol. The van der Waals surface area contributed by atoms with E-state index in [1.807, 2.05) is 6.92 Å². The maximum atomic E-state index is 11.8. The Bertz CT molecular complexity index is 279. The van der Waals surface area contributed by atoms with Crippen LogP contribution in [0.1, 0.15) is 40.5 Å². The maximum absolute atomic E-state index is 11.8. The molecule has 0 bridgehead atoms. The second-order valence-electron chi connectivity index (χ2n) is 6.33. The molecule has 0 spiro atoms. The van der Waals surface area contributed by atoms with Gasteiger partial charge in [0.05, 0.1) is 12.6 Å². The summed E-state index contributed by atoms with van der Waals surface area (Å²) >= 11 is 0. The highest BCUT2D eigenvalue weighted by Gasteiger charge is 2.37. The summed E-state index contributed by atoms with van der Waals surface area (Å²) in [5.74, 6) is 0.693. The van der Waals surface area contributed by atoms with Crippen LogP contribution in [0.25, 0.3) is 0 Å². The number of ether oxygens (including phenoxy) is 1. The fraction of sp³-hybridized carbons (Fsp3) is 0.929. The summed E-state index contributed by atoms with van der Waals surface area (Å²) in [7, 11) is 1.64. The van der Waals surface area contributed by atoms with Gasteiger partial charge < -0.3 is 15.4 Å². The van der Waals surface area contributed by atoms with Crippen molar-refractivity contribution in [3.8, 4) is 0 Å². The van der Waals surface area contributed by atoms with Crippen molar-refractivity contribution < 1.29 is 9.53 Å². The molecule has 0 aromatic carbocycles. The van der Waals surface area contributed by atoms with E-state index in [4.69, 9.17) is 4.74 Å². The molecule has 1 fully saturated rings. The number of amides is 1. The Balaban J connectivity index is 2.35. The van der Waals surface area contributed by atoms with Gasteiger partial charge in [-0.3, -0.25) is 4.79 Å². The number of carbonyl (C=O) groups excluding carboxylic acids is 1. The quantitative estimate of drug-likeness (QED) is 0.709. The van der Waals surface area contributed by atoms with Crippen LogP contribution in [-0.2, 0) is 9.53 Å². The van der Waals surface area contributed by atoms with Gasteiger partial charge in [0.15, 0.2) is 0 Å². The number of nitrogens with one attached hydrogen (secondary N) is 2. The highest BCUT2D eigenvalue weighted by Crippen LogP contribution is 2.40. The van der Waals surface area contributed by atoms with Crippen LogP contribution >= 0.6 is 0 Å². The van der Waals surface area contributed by atoms with Crippen LogP contribution in [0, 0.1) is 11.3 Å². The van der Waals surface area contributed by atoms with E-state index in [9.17, 15) is 4.79 Å². The van der Waals surface area contributed by atoms with E-state index in [0.717, 1.165) is 6.42 Å². The number of hydrogen-bond acceptors (Lipinski definition) is 3. The van der Waals surface area contributed by atoms with Crippen LogP contribution < -0.4 is 10.6 Å². The predicted molar refractivity (Wildman–Crippen MR) is 73.5 cm³/mol. The summed E-state index contributed by atoms with van der Waals surface area (Å²) in [6.45, 7) is 9.93. The molecule has 1 amide bonds. The zero-order chi connectivity index (χ0) is 13.8. The molecule has 0 aromatic heterocycles.